The molecule has 0 unspecified atom stereocenters. The lowest BCUT2D eigenvalue weighted by Crippen LogP contribution is -2.53. The fourth-order valence-corrected chi connectivity index (χ4v) is 4.43. The maximum atomic E-state index is 13.3. The lowest BCUT2D eigenvalue weighted by molar-refractivity contribution is -0.155. The molecule has 3 amide bonds. The Balaban J connectivity index is 2.18. The molecule has 2 aromatic rings. The zero-order valence-electron chi connectivity index (χ0n) is 24.2. The summed E-state index contributed by atoms with van der Waals surface area (Å²) in [5.74, 6) is -4.49. The summed E-state index contributed by atoms with van der Waals surface area (Å²) < 4.78 is 5.76. The first kappa shape index (κ1) is 34.0. The molecule has 0 saturated heterocycles. The van der Waals surface area contributed by atoms with E-state index in [4.69, 9.17) is 16.2 Å². The van der Waals surface area contributed by atoms with Gasteiger partial charge in [0.1, 0.15) is 24.2 Å². The molecular weight excluding hydrogens is 540 g/mol. The number of ether oxygens (including phenoxy) is 1. The lowest BCUT2D eigenvalue weighted by atomic mass is 9.95. The first-order chi connectivity index (χ1) is 20.0. The molecule has 7 N–H and O–H groups in total. The van der Waals surface area contributed by atoms with Crippen molar-refractivity contribution in [1.29, 1.82) is 0 Å². The Labute approximate surface area is 246 Å². The van der Waals surface area contributed by atoms with E-state index in [1.165, 1.54) is 0 Å². The molecule has 11 nitrogen and oxygen atoms in total. The molecule has 0 bridgehead atoms. The third kappa shape index (κ3) is 12.1. The minimum Gasteiger partial charge on any atom is -0.480 e. The van der Waals surface area contributed by atoms with Gasteiger partial charge in [-0.05, 0) is 29.9 Å². The molecule has 0 aromatic heterocycles. The molecule has 228 valence electrons. The predicted octanol–water partition coefficient (Wildman–Crippen LogP) is 1.86. The van der Waals surface area contributed by atoms with Crippen molar-refractivity contribution in [2.75, 3.05) is 0 Å². The van der Waals surface area contributed by atoms with Gasteiger partial charge in [0, 0.05) is 6.42 Å². The zero-order chi connectivity index (χ0) is 31.1. The van der Waals surface area contributed by atoms with Gasteiger partial charge in [0.25, 0.3) is 0 Å². The lowest BCUT2D eigenvalue weighted by Gasteiger charge is -2.27. The number of carboxylic acids is 1. The number of carbonyl (C=O) groups excluding carboxylic acids is 4. The number of amides is 3. The second-order valence-electron chi connectivity index (χ2n) is 10.5. The smallest absolute Gasteiger partial charge is 0.326 e. The van der Waals surface area contributed by atoms with Gasteiger partial charge in [-0.15, -0.1) is 0 Å². The number of carboxylic acid groups (broad SMARTS) is 1. The average Bonchev–Trinajstić information content (AvgIpc) is 2.95. The summed E-state index contributed by atoms with van der Waals surface area (Å²) in [4.78, 5) is 62.2. The first-order valence-corrected chi connectivity index (χ1v) is 14.1. The summed E-state index contributed by atoms with van der Waals surface area (Å²) >= 11 is 0. The van der Waals surface area contributed by atoms with E-state index in [-0.39, 0.29) is 25.2 Å². The third-order valence-corrected chi connectivity index (χ3v) is 6.86. The van der Waals surface area contributed by atoms with Crippen molar-refractivity contribution in [3.8, 4) is 0 Å². The summed E-state index contributed by atoms with van der Waals surface area (Å²) in [5.41, 5.74) is 12.9. The van der Waals surface area contributed by atoms with Crippen LogP contribution in [0, 0.1) is 5.92 Å². The van der Waals surface area contributed by atoms with Gasteiger partial charge in [-0.1, -0.05) is 87.4 Å². The Morgan fingerprint density at radius 2 is 1.43 bits per heavy atom. The van der Waals surface area contributed by atoms with Crippen LogP contribution in [0.3, 0.4) is 0 Å². The van der Waals surface area contributed by atoms with E-state index in [0.717, 1.165) is 18.4 Å². The van der Waals surface area contributed by atoms with E-state index >= 15 is 0 Å². The predicted molar refractivity (Wildman–Crippen MR) is 157 cm³/mol. The van der Waals surface area contributed by atoms with Crippen molar-refractivity contribution in [2.45, 2.75) is 83.0 Å². The second-order valence-corrected chi connectivity index (χ2v) is 10.5. The van der Waals surface area contributed by atoms with Gasteiger partial charge >= 0.3 is 11.9 Å². The molecule has 0 heterocycles. The first-order valence-electron chi connectivity index (χ1n) is 14.1. The summed E-state index contributed by atoms with van der Waals surface area (Å²) in [6, 6.07) is 14.5. The van der Waals surface area contributed by atoms with E-state index in [0.29, 0.717) is 12.0 Å². The van der Waals surface area contributed by atoms with Crippen molar-refractivity contribution in [3.63, 3.8) is 0 Å². The van der Waals surface area contributed by atoms with E-state index < -0.39 is 60.3 Å². The molecule has 5 atom stereocenters. The third-order valence-electron chi connectivity index (χ3n) is 6.86. The number of benzene rings is 2. The van der Waals surface area contributed by atoms with Crippen molar-refractivity contribution < 1.29 is 33.8 Å². The number of hydrogen-bond donors (Lipinski definition) is 5. The number of nitrogens with one attached hydrogen (secondary N) is 2. The van der Waals surface area contributed by atoms with Crippen molar-refractivity contribution in [1.82, 2.24) is 10.6 Å². The van der Waals surface area contributed by atoms with Crippen LogP contribution in [0.4, 0.5) is 0 Å². The molecule has 42 heavy (non-hydrogen) atoms. The Morgan fingerprint density at radius 1 is 0.857 bits per heavy atom. The van der Waals surface area contributed by atoms with Crippen LogP contribution in [0.15, 0.2) is 60.7 Å². The molecule has 0 fully saturated rings. The Morgan fingerprint density at radius 3 is 1.95 bits per heavy atom. The van der Waals surface area contributed by atoms with Gasteiger partial charge in [-0.3, -0.25) is 19.2 Å². The fourth-order valence-electron chi connectivity index (χ4n) is 4.43. The Hall–Kier alpha value is -4.25. The SMILES string of the molecule is CCCC[C@H](C)[C@H](CC(=O)N[C@H](Cc1ccccc1)C(=O)N[C@@H](CC(N)=O)C(=O)O)OC(=O)[C@H](N)Cc1ccccc1. The standard InChI is InChI=1S/C31H42N4O7/c1-3-4-11-20(2)26(42-31(41)23(32)16-21-12-7-5-8-13-21)19-28(37)34-24(17-22-14-9-6-10-15-22)29(38)35-25(30(39)40)18-27(33)36/h5-10,12-15,20,23-26H,3-4,11,16-19,32H2,1-2H3,(H2,33,36)(H,34,37)(H,35,38)(H,39,40)/t20-,23+,24+,25-,26-/m0/s1. The zero-order valence-corrected chi connectivity index (χ0v) is 24.2. The molecular formula is C31H42N4O7. The molecule has 2 rings (SSSR count). The highest BCUT2D eigenvalue weighted by molar-refractivity contribution is 5.92. The molecule has 0 spiro atoms. The fraction of sp³-hybridized carbons (Fsp3) is 0.452. The van der Waals surface area contributed by atoms with Crippen molar-refractivity contribution in [2.24, 2.45) is 17.4 Å². The van der Waals surface area contributed by atoms with Crippen molar-refractivity contribution >= 4 is 29.7 Å². The van der Waals surface area contributed by atoms with Crippen LogP contribution in [0.1, 0.15) is 57.1 Å². The summed E-state index contributed by atoms with van der Waals surface area (Å²) in [6.45, 7) is 3.92. The minimum atomic E-state index is -1.56. The van der Waals surface area contributed by atoms with Crippen LogP contribution in [-0.2, 0) is 41.6 Å². The highest BCUT2D eigenvalue weighted by Gasteiger charge is 2.31. The van der Waals surface area contributed by atoms with E-state index in [1.54, 1.807) is 30.3 Å². The number of esters is 1. The molecule has 0 radical (unpaired) electrons. The Kier molecular flexibility index (Phi) is 14.2. The summed E-state index contributed by atoms with van der Waals surface area (Å²) in [7, 11) is 0. The minimum absolute atomic E-state index is 0.0547. The molecule has 0 saturated carbocycles. The van der Waals surface area contributed by atoms with Gasteiger partial charge in [-0.2, -0.15) is 0 Å². The van der Waals surface area contributed by atoms with Crippen LogP contribution >= 0.6 is 0 Å². The maximum Gasteiger partial charge on any atom is 0.326 e. The summed E-state index contributed by atoms with van der Waals surface area (Å²) in [6.07, 6.45) is 1.18. The van der Waals surface area contributed by atoms with Crippen LogP contribution < -0.4 is 22.1 Å². The number of rotatable bonds is 18. The molecule has 0 aliphatic heterocycles. The average molecular weight is 583 g/mol. The van der Waals surface area contributed by atoms with Gasteiger partial charge < -0.3 is 31.9 Å². The van der Waals surface area contributed by atoms with Gasteiger partial charge in [0.15, 0.2) is 0 Å². The second kappa shape index (κ2) is 17.5. The number of primary amides is 1. The van der Waals surface area contributed by atoms with Crippen LogP contribution in [0.25, 0.3) is 0 Å². The molecule has 11 heteroatoms. The summed E-state index contributed by atoms with van der Waals surface area (Å²) in [5, 5.41) is 14.4. The number of carbonyl (C=O) groups is 5. The largest absolute Gasteiger partial charge is 0.480 e. The highest BCUT2D eigenvalue weighted by Crippen LogP contribution is 2.20. The van der Waals surface area contributed by atoms with E-state index in [9.17, 15) is 29.1 Å². The van der Waals surface area contributed by atoms with Crippen LogP contribution in [0.2, 0.25) is 0 Å². The quantitative estimate of drug-likeness (QED) is 0.164. The van der Waals surface area contributed by atoms with Crippen LogP contribution in [0.5, 0.6) is 0 Å². The van der Waals surface area contributed by atoms with Gasteiger partial charge in [-0.25, -0.2) is 4.79 Å². The topological polar surface area (TPSA) is 191 Å². The molecule has 2 aromatic carbocycles. The van der Waals surface area contributed by atoms with Crippen molar-refractivity contribution in [3.05, 3.63) is 71.8 Å². The van der Waals surface area contributed by atoms with Gasteiger partial charge in [0.2, 0.25) is 17.7 Å². The van der Waals surface area contributed by atoms with E-state index in [1.807, 2.05) is 44.2 Å². The Bertz CT molecular complexity index is 1180. The number of hydrogen-bond acceptors (Lipinski definition) is 7. The maximum absolute atomic E-state index is 13.3. The number of aliphatic carboxylic acids is 1. The molecule has 0 aliphatic carbocycles. The van der Waals surface area contributed by atoms with Gasteiger partial charge in [0.05, 0.1) is 12.8 Å². The number of unbranched alkanes of at least 4 members (excludes halogenated alkanes) is 1. The molecule has 0 aliphatic rings. The highest BCUT2D eigenvalue weighted by atomic mass is 16.5. The monoisotopic (exact) mass is 582 g/mol. The normalized spacial score (nSPS) is 14.5. The van der Waals surface area contributed by atoms with Crippen LogP contribution in [-0.4, -0.2) is 59.0 Å². The van der Waals surface area contributed by atoms with E-state index in [2.05, 4.69) is 10.6 Å². The number of nitrogens with two attached hydrogens (primary N) is 2.